The van der Waals surface area contributed by atoms with Gasteiger partial charge < -0.3 is 9.84 Å². The van der Waals surface area contributed by atoms with Gasteiger partial charge in [0.25, 0.3) is 0 Å². The molecule has 1 N–H and O–H groups in total. The first kappa shape index (κ1) is 14.3. The van der Waals surface area contributed by atoms with E-state index in [-0.39, 0.29) is 0 Å². The summed E-state index contributed by atoms with van der Waals surface area (Å²) in [6.07, 6.45) is 1.71. The molecule has 0 aromatic heterocycles. The Bertz CT molecular complexity index is 462. The molecule has 0 saturated carbocycles. The Balaban J connectivity index is 3.10. The Kier molecular flexibility index (Phi) is 4.52. The Morgan fingerprint density at radius 1 is 1.39 bits per heavy atom. The van der Waals surface area contributed by atoms with Gasteiger partial charge in [0.2, 0.25) is 0 Å². The van der Waals surface area contributed by atoms with E-state index in [0.717, 1.165) is 16.9 Å². The zero-order valence-corrected chi connectivity index (χ0v) is 11.3. The molecule has 3 heteroatoms. The van der Waals surface area contributed by atoms with Gasteiger partial charge in [-0.3, -0.25) is 0 Å². The van der Waals surface area contributed by atoms with Gasteiger partial charge in [0.05, 0.1) is 13.2 Å². The van der Waals surface area contributed by atoms with Gasteiger partial charge in [-0.25, -0.2) is 0 Å². The van der Waals surface area contributed by atoms with Gasteiger partial charge in [0.15, 0.2) is 0 Å². The maximum absolute atomic E-state index is 10.4. The molecule has 0 spiro atoms. The van der Waals surface area contributed by atoms with E-state index in [9.17, 15) is 10.4 Å². The average molecular weight is 245 g/mol. The highest BCUT2D eigenvalue weighted by molar-refractivity contribution is 5.36. The molecule has 3 nitrogen and oxygen atoms in total. The SMILES string of the molecule is COc1ccc(C(C#N)C(C)(O)C=C(C)C)cc1. The molecule has 0 amide bonds. The number of benzene rings is 1. The zero-order chi connectivity index (χ0) is 13.8. The minimum Gasteiger partial charge on any atom is -0.497 e. The number of aliphatic hydroxyl groups is 1. The van der Waals surface area contributed by atoms with Crippen molar-refractivity contribution < 1.29 is 9.84 Å². The van der Waals surface area contributed by atoms with Crippen molar-refractivity contribution in [3.63, 3.8) is 0 Å². The quantitative estimate of drug-likeness (QED) is 0.829. The summed E-state index contributed by atoms with van der Waals surface area (Å²) in [5.41, 5.74) is 0.580. The first-order valence-corrected chi connectivity index (χ1v) is 5.82. The summed E-state index contributed by atoms with van der Waals surface area (Å²) in [6.45, 7) is 5.45. The molecule has 0 heterocycles. The summed E-state index contributed by atoms with van der Waals surface area (Å²) in [5, 5.41) is 19.7. The monoisotopic (exact) mass is 245 g/mol. The van der Waals surface area contributed by atoms with Crippen LogP contribution in [0, 0.1) is 11.3 Å². The van der Waals surface area contributed by atoms with Gasteiger partial charge in [-0.2, -0.15) is 5.26 Å². The molecule has 0 aliphatic rings. The van der Waals surface area contributed by atoms with E-state index in [1.165, 1.54) is 0 Å². The normalized spacial score (nSPS) is 15.1. The fourth-order valence-electron chi connectivity index (χ4n) is 2.01. The molecule has 96 valence electrons. The van der Waals surface area contributed by atoms with Gasteiger partial charge in [0, 0.05) is 0 Å². The van der Waals surface area contributed by atoms with E-state index >= 15 is 0 Å². The molecule has 0 bridgehead atoms. The van der Waals surface area contributed by atoms with Crippen LogP contribution in [0.3, 0.4) is 0 Å². The molecule has 0 fully saturated rings. The topological polar surface area (TPSA) is 53.2 Å². The van der Waals surface area contributed by atoms with Crippen molar-refractivity contribution in [2.45, 2.75) is 32.3 Å². The number of hydrogen-bond donors (Lipinski definition) is 1. The lowest BCUT2D eigenvalue weighted by atomic mass is 9.83. The second-order valence-corrected chi connectivity index (χ2v) is 4.78. The van der Waals surface area contributed by atoms with Crippen LogP contribution in [0.5, 0.6) is 5.75 Å². The standard InChI is InChI=1S/C15H19NO2/c1-11(2)9-15(3,17)14(10-16)12-5-7-13(18-4)8-6-12/h5-9,14,17H,1-4H3. The van der Waals surface area contributed by atoms with Crippen LogP contribution in [-0.2, 0) is 0 Å². The highest BCUT2D eigenvalue weighted by Gasteiger charge is 2.31. The lowest BCUT2D eigenvalue weighted by Gasteiger charge is -2.26. The second-order valence-electron chi connectivity index (χ2n) is 4.78. The summed E-state index contributed by atoms with van der Waals surface area (Å²) in [7, 11) is 1.59. The third kappa shape index (κ3) is 3.35. The van der Waals surface area contributed by atoms with Crippen molar-refractivity contribution in [2.24, 2.45) is 0 Å². The average Bonchev–Trinajstić information content (AvgIpc) is 2.28. The molecule has 2 atom stereocenters. The molecule has 0 aliphatic carbocycles. The molecular weight excluding hydrogens is 226 g/mol. The molecule has 1 aromatic rings. The number of rotatable bonds is 4. The summed E-state index contributed by atoms with van der Waals surface area (Å²) in [4.78, 5) is 0. The van der Waals surface area contributed by atoms with Crippen LogP contribution >= 0.6 is 0 Å². The Morgan fingerprint density at radius 2 is 1.94 bits per heavy atom. The summed E-state index contributed by atoms with van der Waals surface area (Å²) in [6, 6.07) is 9.36. The maximum Gasteiger partial charge on any atom is 0.118 e. The van der Waals surface area contributed by atoms with Crippen molar-refractivity contribution in [3.05, 3.63) is 41.5 Å². The smallest absolute Gasteiger partial charge is 0.118 e. The predicted molar refractivity (Wildman–Crippen MR) is 71.4 cm³/mol. The second kappa shape index (κ2) is 5.70. The van der Waals surface area contributed by atoms with Crippen LogP contribution in [-0.4, -0.2) is 17.8 Å². The Morgan fingerprint density at radius 3 is 2.33 bits per heavy atom. The van der Waals surface area contributed by atoms with Gasteiger partial charge in [-0.1, -0.05) is 23.8 Å². The van der Waals surface area contributed by atoms with E-state index in [2.05, 4.69) is 6.07 Å². The third-order valence-electron chi connectivity index (χ3n) is 2.74. The molecule has 0 radical (unpaired) electrons. The molecular formula is C15H19NO2. The van der Waals surface area contributed by atoms with Gasteiger partial charge in [-0.15, -0.1) is 0 Å². The first-order valence-electron chi connectivity index (χ1n) is 5.82. The third-order valence-corrected chi connectivity index (χ3v) is 2.74. The number of ether oxygens (including phenoxy) is 1. The number of methoxy groups -OCH3 is 1. The zero-order valence-electron chi connectivity index (χ0n) is 11.3. The molecule has 0 aliphatic heterocycles. The lowest BCUT2D eigenvalue weighted by Crippen LogP contribution is -2.30. The molecule has 1 aromatic carbocycles. The van der Waals surface area contributed by atoms with Crippen LogP contribution in [0.2, 0.25) is 0 Å². The molecule has 2 unspecified atom stereocenters. The number of nitriles is 1. The van der Waals surface area contributed by atoms with Crippen molar-refractivity contribution in [1.82, 2.24) is 0 Å². The largest absolute Gasteiger partial charge is 0.497 e. The van der Waals surface area contributed by atoms with Crippen molar-refractivity contribution in [1.29, 1.82) is 5.26 Å². The first-order chi connectivity index (χ1) is 8.40. The Labute approximate surface area is 108 Å². The summed E-state index contributed by atoms with van der Waals surface area (Å²) in [5.74, 6) is 0.135. The number of nitrogens with zero attached hydrogens (tertiary/aromatic N) is 1. The van der Waals surface area contributed by atoms with Crippen LogP contribution in [0.15, 0.2) is 35.9 Å². The van der Waals surface area contributed by atoms with Gasteiger partial charge in [0.1, 0.15) is 17.3 Å². The summed E-state index contributed by atoms with van der Waals surface area (Å²) >= 11 is 0. The molecule has 18 heavy (non-hydrogen) atoms. The number of hydrogen-bond acceptors (Lipinski definition) is 3. The van der Waals surface area contributed by atoms with Crippen molar-refractivity contribution in [2.75, 3.05) is 7.11 Å². The van der Waals surface area contributed by atoms with Gasteiger partial charge in [-0.05, 0) is 38.5 Å². The van der Waals surface area contributed by atoms with Crippen LogP contribution in [0.1, 0.15) is 32.3 Å². The van der Waals surface area contributed by atoms with Crippen LogP contribution < -0.4 is 4.74 Å². The highest BCUT2D eigenvalue weighted by Crippen LogP contribution is 2.30. The molecule has 0 saturated heterocycles. The van der Waals surface area contributed by atoms with Crippen LogP contribution in [0.4, 0.5) is 0 Å². The Hall–Kier alpha value is -1.79. The minimum absolute atomic E-state index is 0.599. The fourth-order valence-corrected chi connectivity index (χ4v) is 2.01. The lowest BCUT2D eigenvalue weighted by molar-refractivity contribution is 0.0974. The van der Waals surface area contributed by atoms with E-state index in [1.807, 2.05) is 13.8 Å². The predicted octanol–water partition coefficient (Wildman–Crippen LogP) is 3.02. The minimum atomic E-state index is -1.18. The van der Waals surface area contributed by atoms with E-state index < -0.39 is 11.5 Å². The van der Waals surface area contributed by atoms with Crippen molar-refractivity contribution in [3.8, 4) is 11.8 Å². The van der Waals surface area contributed by atoms with Gasteiger partial charge >= 0.3 is 0 Å². The highest BCUT2D eigenvalue weighted by atomic mass is 16.5. The van der Waals surface area contributed by atoms with Crippen LogP contribution in [0.25, 0.3) is 0 Å². The number of allylic oxidation sites excluding steroid dienone is 1. The van der Waals surface area contributed by atoms with Crippen molar-refractivity contribution >= 4 is 0 Å². The van der Waals surface area contributed by atoms with E-state index in [0.29, 0.717) is 0 Å². The van der Waals surface area contributed by atoms with E-state index in [4.69, 9.17) is 4.74 Å². The molecule has 1 rings (SSSR count). The maximum atomic E-state index is 10.4. The summed E-state index contributed by atoms with van der Waals surface area (Å²) < 4.78 is 5.08. The fraction of sp³-hybridized carbons (Fsp3) is 0.400. The van der Waals surface area contributed by atoms with E-state index in [1.54, 1.807) is 44.4 Å².